The minimum absolute atomic E-state index is 0.138. The quantitative estimate of drug-likeness (QED) is 0.678. The number of nitrogens with two attached hydrogens (primary N) is 1. The van der Waals surface area contributed by atoms with Gasteiger partial charge in [-0.25, -0.2) is 0 Å². The van der Waals surface area contributed by atoms with Crippen LogP contribution in [0.4, 0.5) is 5.69 Å². The molecule has 1 fully saturated rings. The number of carbonyl (C=O) groups is 1. The number of halogens is 1. The molecule has 0 saturated carbocycles. The summed E-state index contributed by atoms with van der Waals surface area (Å²) in [7, 11) is 2.11. The fraction of sp³-hybridized carbons (Fsp3) is 0.462. The van der Waals surface area contributed by atoms with Crippen LogP contribution in [0.2, 0.25) is 0 Å². The molecular weight excluding hydrogens is 294 g/mol. The number of nitrogen functional groups attached to an aromatic ring is 1. The Hall–Kier alpha value is -0.910. The second-order valence-electron chi connectivity index (χ2n) is 4.74. The van der Waals surface area contributed by atoms with Gasteiger partial charge < -0.3 is 10.6 Å². The van der Waals surface area contributed by atoms with Gasteiger partial charge in [-0.1, -0.05) is 6.07 Å². The average molecular weight is 312 g/mol. The summed E-state index contributed by atoms with van der Waals surface area (Å²) in [5.74, 6) is 0.138. The van der Waals surface area contributed by atoms with Crippen LogP contribution in [0.5, 0.6) is 0 Å². The third kappa shape index (κ3) is 3.31. The molecule has 5 heteroatoms. The molecule has 0 bridgehead atoms. The van der Waals surface area contributed by atoms with Crippen molar-refractivity contribution in [2.75, 3.05) is 45.5 Å². The standard InChI is InChI=1S/C13H18BrN3O/c1-16-4-6-17(7-5-16)9-13(18)10-2-3-11(14)12(15)8-10/h2-3,8H,4-7,9,15H2,1H3. The molecule has 0 aliphatic carbocycles. The lowest BCUT2D eigenvalue weighted by Crippen LogP contribution is -2.46. The first-order valence-electron chi connectivity index (χ1n) is 6.05. The maximum Gasteiger partial charge on any atom is 0.176 e. The van der Waals surface area contributed by atoms with Crippen molar-refractivity contribution in [1.29, 1.82) is 0 Å². The SMILES string of the molecule is CN1CCN(CC(=O)c2ccc(Br)c(N)c2)CC1. The number of nitrogens with zero attached hydrogens (tertiary/aromatic N) is 2. The van der Waals surface area contributed by atoms with Crippen LogP contribution >= 0.6 is 15.9 Å². The summed E-state index contributed by atoms with van der Waals surface area (Å²) >= 11 is 3.33. The van der Waals surface area contributed by atoms with Gasteiger partial charge in [-0.2, -0.15) is 0 Å². The summed E-state index contributed by atoms with van der Waals surface area (Å²) in [6.07, 6.45) is 0. The van der Waals surface area contributed by atoms with Gasteiger partial charge in [0.15, 0.2) is 5.78 Å². The first-order valence-corrected chi connectivity index (χ1v) is 6.84. The molecule has 0 amide bonds. The van der Waals surface area contributed by atoms with Gasteiger partial charge in [0.1, 0.15) is 0 Å². The highest BCUT2D eigenvalue weighted by Gasteiger charge is 2.17. The molecule has 1 saturated heterocycles. The molecule has 0 unspecified atom stereocenters. The summed E-state index contributed by atoms with van der Waals surface area (Å²) in [5.41, 5.74) is 7.09. The van der Waals surface area contributed by atoms with E-state index >= 15 is 0 Å². The molecule has 98 valence electrons. The van der Waals surface area contributed by atoms with E-state index in [4.69, 9.17) is 5.73 Å². The molecule has 2 rings (SSSR count). The van der Waals surface area contributed by atoms with Crippen LogP contribution in [-0.2, 0) is 0 Å². The van der Waals surface area contributed by atoms with Crippen LogP contribution in [0.15, 0.2) is 22.7 Å². The summed E-state index contributed by atoms with van der Waals surface area (Å²) in [4.78, 5) is 16.6. The van der Waals surface area contributed by atoms with Gasteiger partial charge in [0.05, 0.1) is 6.54 Å². The largest absolute Gasteiger partial charge is 0.398 e. The van der Waals surface area contributed by atoms with E-state index in [0.717, 1.165) is 30.7 Å². The molecular formula is C13H18BrN3O. The van der Waals surface area contributed by atoms with Crippen molar-refractivity contribution in [3.63, 3.8) is 0 Å². The molecule has 1 aromatic rings. The molecule has 0 spiro atoms. The number of benzene rings is 1. The zero-order valence-electron chi connectivity index (χ0n) is 10.5. The van der Waals surface area contributed by atoms with Crippen molar-refractivity contribution in [2.45, 2.75) is 0 Å². The second kappa shape index (κ2) is 5.82. The van der Waals surface area contributed by atoms with Crippen molar-refractivity contribution in [2.24, 2.45) is 0 Å². The maximum absolute atomic E-state index is 12.1. The molecule has 0 radical (unpaired) electrons. The number of Topliss-reactive ketones (excluding diaryl/α,β-unsaturated/α-hetero) is 1. The number of rotatable bonds is 3. The van der Waals surface area contributed by atoms with Gasteiger partial charge in [-0.05, 0) is 35.1 Å². The van der Waals surface area contributed by atoms with Crippen LogP contribution in [0.1, 0.15) is 10.4 Å². The van der Waals surface area contributed by atoms with Crippen LogP contribution in [0.3, 0.4) is 0 Å². The third-order valence-corrected chi connectivity index (χ3v) is 4.00. The van der Waals surface area contributed by atoms with E-state index in [1.165, 1.54) is 0 Å². The zero-order valence-corrected chi connectivity index (χ0v) is 12.1. The fourth-order valence-corrected chi connectivity index (χ4v) is 2.26. The topological polar surface area (TPSA) is 49.6 Å². The lowest BCUT2D eigenvalue weighted by Gasteiger charge is -2.31. The smallest absolute Gasteiger partial charge is 0.176 e. The van der Waals surface area contributed by atoms with Crippen LogP contribution in [-0.4, -0.2) is 55.4 Å². The molecule has 1 aromatic carbocycles. The summed E-state index contributed by atoms with van der Waals surface area (Å²) in [5, 5.41) is 0. The predicted octanol–water partition coefficient (Wildman–Crippen LogP) is 1.46. The number of likely N-dealkylation sites (N-methyl/N-ethyl adjacent to an activating group) is 1. The Morgan fingerprint density at radius 3 is 2.61 bits per heavy atom. The molecule has 2 N–H and O–H groups in total. The van der Waals surface area contributed by atoms with Crippen molar-refractivity contribution in [1.82, 2.24) is 9.80 Å². The van der Waals surface area contributed by atoms with E-state index in [-0.39, 0.29) is 5.78 Å². The normalized spacial score (nSPS) is 17.9. The average Bonchev–Trinajstić information content (AvgIpc) is 2.35. The Balaban J connectivity index is 1.97. The highest BCUT2D eigenvalue weighted by molar-refractivity contribution is 9.10. The minimum atomic E-state index is 0.138. The number of carbonyl (C=O) groups excluding carboxylic acids is 1. The number of piperazine rings is 1. The summed E-state index contributed by atoms with van der Waals surface area (Å²) in [6, 6.07) is 5.38. The van der Waals surface area contributed by atoms with E-state index in [1.54, 1.807) is 6.07 Å². The number of anilines is 1. The molecule has 1 aliphatic rings. The first-order chi connectivity index (χ1) is 8.56. The minimum Gasteiger partial charge on any atom is -0.398 e. The van der Waals surface area contributed by atoms with E-state index in [2.05, 4.69) is 32.8 Å². The lowest BCUT2D eigenvalue weighted by atomic mass is 10.1. The Bertz CT molecular complexity index is 442. The van der Waals surface area contributed by atoms with Crippen LogP contribution in [0.25, 0.3) is 0 Å². The Morgan fingerprint density at radius 2 is 2.00 bits per heavy atom. The molecule has 0 atom stereocenters. The van der Waals surface area contributed by atoms with Gasteiger partial charge in [-0.15, -0.1) is 0 Å². The van der Waals surface area contributed by atoms with Gasteiger partial charge in [0, 0.05) is 41.9 Å². The number of ketones is 1. The van der Waals surface area contributed by atoms with Crippen molar-refractivity contribution >= 4 is 27.4 Å². The van der Waals surface area contributed by atoms with Gasteiger partial charge in [0.2, 0.25) is 0 Å². The number of hydrogen-bond acceptors (Lipinski definition) is 4. The lowest BCUT2D eigenvalue weighted by molar-refractivity contribution is 0.0876. The van der Waals surface area contributed by atoms with Gasteiger partial charge >= 0.3 is 0 Å². The van der Waals surface area contributed by atoms with Crippen molar-refractivity contribution in [3.05, 3.63) is 28.2 Å². The molecule has 18 heavy (non-hydrogen) atoms. The van der Waals surface area contributed by atoms with E-state index in [9.17, 15) is 4.79 Å². The van der Waals surface area contributed by atoms with Crippen LogP contribution < -0.4 is 5.73 Å². The predicted molar refractivity (Wildman–Crippen MR) is 76.8 cm³/mol. The summed E-state index contributed by atoms with van der Waals surface area (Å²) < 4.78 is 0.832. The maximum atomic E-state index is 12.1. The third-order valence-electron chi connectivity index (χ3n) is 3.28. The Labute approximate surface area is 116 Å². The first kappa shape index (κ1) is 13.5. The Kier molecular flexibility index (Phi) is 4.37. The zero-order chi connectivity index (χ0) is 13.1. The van der Waals surface area contributed by atoms with E-state index < -0.39 is 0 Å². The van der Waals surface area contributed by atoms with Gasteiger partial charge in [0.25, 0.3) is 0 Å². The van der Waals surface area contributed by atoms with Gasteiger partial charge in [-0.3, -0.25) is 9.69 Å². The summed E-state index contributed by atoms with van der Waals surface area (Å²) in [6.45, 7) is 4.43. The van der Waals surface area contributed by atoms with E-state index in [0.29, 0.717) is 17.8 Å². The molecule has 4 nitrogen and oxygen atoms in total. The molecule has 1 aliphatic heterocycles. The van der Waals surface area contributed by atoms with Crippen molar-refractivity contribution in [3.8, 4) is 0 Å². The highest BCUT2D eigenvalue weighted by atomic mass is 79.9. The Morgan fingerprint density at radius 1 is 1.33 bits per heavy atom. The van der Waals surface area contributed by atoms with Crippen molar-refractivity contribution < 1.29 is 4.79 Å². The van der Waals surface area contributed by atoms with Crippen LogP contribution in [0, 0.1) is 0 Å². The fourth-order valence-electron chi connectivity index (χ4n) is 2.02. The molecule has 0 aromatic heterocycles. The molecule has 1 heterocycles. The van der Waals surface area contributed by atoms with E-state index in [1.807, 2.05) is 12.1 Å². The monoisotopic (exact) mass is 311 g/mol. The highest BCUT2D eigenvalue weighted by Crippen LogP contribution is 2.20. The number of hydrogen-bond donors (Lipinski definition) is 1. The second-order valence-corrected chi connectivity index (χ2v) is 5.59.